The van der Waals surface area contributed by atoms with Gasteiger partial charge in [-0.05, 0) is 25.5 Å². The van der Waals surface area contributed by atoms with Crippen LogP contribution in [0.15, 0.2) is 30.3 Å². The van der Waals surface area contributed by atoms with Gasteiger partial charge >= 0.3 is 0 Å². The summed E-state index contributed by atoms with van der Waals surface area (Å²) in [5.74, 6) is -1.11. The number of hydrogen-bond donors (Lipinski definition) is 2. The number of ketones is 1. The first-order valence-corrected chi connectivity index (χ1v) is 8.83. The van der Waals surface area contributed by atoms with Gasteiger partial charge in [0.15, 0.2) is 0 Å². The van der Waals surface area contributed by atoms with Crippen LogP contribution in [0, 0.1) is 0 Å². The van der Waals surface area contributed by atoms with E-state index < -0.39 is 17.8 Å². The number of aliphatic hydroxyl groups is 1. The molecule has 0 spiro atoms. The molecule has 138 valence electrons. The normalized spacial score (nSPS) is 15.9. The van der Waals surface area contributed by atoms with Crippen LogP contribution in [0.1, 0.15) is 30.3 Å². The smallest absolute Gasteiger partial charge is 0.290 e. The molecule has 7 heteroatoms. The summed E-state index contributed by atoms with van der Waals surface area (Å²) >= 11 is 0. The first-order valence-electron chi connectivity index (χ1n) is 8.83. The lowest BCUT2D eigenvalue weighted by Crippen LogP contribution is -2.52. The molecule has 1 aromatic heterocycles. The predicted molar refractivity (Wildman–Crippen MR) is 96.7 cm³/mol. The highest BCUT2D eigenvalue weighted by Crippen LogP contribution is 2.17. The molecule has 2 N–H and O–H groups in total. The van der Waals surface area contributed by atoms with E-state index in [0.717, 1.165) is 10.9 Å². The van der Waals surface area contributed by atoms with E-state index in [1.54, 1.807) is 11.8 Å². The van der Waals surface area contributed by atoms with E-state index in [9.17, 15) is 19.5 Å². The van der Waals surface area contributed by atoms with Crippen LogP contribution in [-0.4, -0.2) is 69.8 Å². The first kappa shape index (κ1) is 18.1. The lowest BCUT2D eigenvalue weighted by molar-refractivity contribution is -0.145. The lowest BCUT2D eigenvalue weighted by atomic mass is 10.1. The van der Waals surface area contributed by atoms with E-state index in [-0.39, 0.29) is 18.7 Å². The van der Waals surface area contributed by atoms with Crippen LogP contribution in [0.4, 0.5) is 0 Å². The number of nitrogens with one attached hydrogen (secondary N) is 1. The number of piperazine rings is 1. The zero-order chi connectivity index (χ0) is 18.7. The highest BCUT2D eigenvalue weighted by atomic mass is 16.3. The van der Waals surface area contributed by atoms with Crippen molar-refractivity contribution < 1.29 is 19.5 Å². The van der Waals surface area contributed by atoms with Gasteiger partial charge < -0.3 is 19.9 Å². The molecular formula is C19H23N3O4. The second-order valence-corrected chi connectivity index (χ2v) is 6.67. The molecule has 7 nitrogen and oxygen atoms in total. The number of para-hydroxylation sites is 1. The summed E-state index contributed by atoms with van der Waals surface area (Å²) in [6, 6.07) is 9.52. The van der Waals surface area contributed by atoms with Crippen LogP contribution < -0.4 is 0 Å². The summed E-state index contributed by atoms with van der Waals surface area (Å²) in [7, 11) is 0. The number of nitrogens with zero attached hydrogens (tertiary/aromatic N) is 2. The minimum atomic E-state index is -0.600. The predicted octanol–water partition coefficient (Wildman–Crippen LogP) is 1.18. The Labute approximate surface area is 151 Å². The van der Waals surface area contributed by atoms with Crippen LogP contribution in [0.2, 0.25) is 0 Å². The third-order valence-corrected chi connectivity index (χ3v) is 4.64. The number of aromatic amines is 1. The molecule has 0 saturated carbocycles. The van der Waals surface area contributed by atoms with Crippen molar-refractivity contribution in [2.75, 3.05) is 26.2 Å². The number of carbonyl (C=O) groups is 3. The second-order valence-electron chi connectivity index (χ2n) is 6.67. The van der Waals surface area contributed by atoms with Crippen molar-refractivity contribution >= 4 is 28.5 Å². The summed E-state index contributed by atoms with van der Waals surface area (Å²) in [6.07, 6.45) is -0.272. The van der Waals surface area contributed by atoms with Crippen molar-refractivity contribution in [2.24, 2.45) is 0 Å². The standard InChI is InChI=1S/C19H23N3O4/c1-13(23)6-7-17(24)19(26)22-10-8-21(9-11-22)18(25)16-12-14-4-2-3-5-15(14)20-16/h2-5,12-13,20,23H,6-11H2,1H3/t13-/m0/s1. The summed E-state index contributed by atoms with van der Waals surface area (Å²) in [4.78, 5) is 43.0. The number of aromatic nitrogens is 1. The van der Waals surface area contributed by atoms with Crippen molar-refractivity contribution in [3.63, 3.8) is 0 Å². The molecule has 1 fully saturated rings. The van der Waals surface area contributed by atoms with Crippen molar-refractivity contribution in [1.29, 1.82) is 0 Å². The van der Waals surface area contributed by atoms with E-state index in [0.29, 0.717) is 31.9 Å². The first-order chi connectivity index (χ1) is 12.5. The SMILES string of the molecule is C[C@H](O)CCC(=O)C(=O)N1CCN(C(=O)c2cc3ccccc3[nH]2)CC1. The van der Waals surface area contributed by atoms with E-state index in [1.807, 2.05) is 30.3 Å². The van der Waals surface area contributed by atoms with Crippen molar-refractivity contribution in [2.45, 2.75) is 25.9 Å². The Hall–Kier alpha value is -2.67. The lowest BCUT2D eigenvalue weighted by Gasteiger charge is -2.34. The molecule has 0 unspecified atom stereocenters. The van der Waals surface area contributed by atoms with Crippen LogP contribution >= 0.6 is 0 Å². The van der Waals surface area contributed by atoms with E-state index in [1.165, 1.54) is 4.90 Å². The van der Waals surface area contributed by atoms with Crippen LogP contribution in [0.3, 0.4) is 0 Å². The minimum absolute atomic E-state index is 0.0463. The number of fused-ring (bicyclic) bond motifs is 1. The average molecular weight is 357 g/mol. The monoisotopic (exact) mass is 357 g/mol. The van der Waals surface area contributed by atoms with Crippen LogP contribution in [-0.2, 0) is 9.59 Å². The maximum Gasteiger partial charge on any atom is 0.290 e. The molecule has 1 atom stereocenters. The Morgan fingerprint density at radius 2 is 1.77 bits per heavy atom. The quantitative estimate of drug-likeness (QED) is 0.786. The molecule has 1 aromatic carbocycles. The third kappa shape index (κ3) is 3.94. The number of H-pyrrole nitrogens is 1. The fourth-order valence-corrected chi connectivity index (χ4v) is 3.09. The van der Waals surface area contributed by atoms with Gasteiger partial charge in [0.2, 0.25) is 5.78 Å². The van der Waals surface area contributed by atoms with Gasteiger partial charge in [-0.15, -0.1) is 0 Å². The Kier molecular flexibility index (Phi) is 5.37. The van der Waals surface area contributed by atoms with Crippen molar-refractivity contribution in [3.05, 3.63) is 36.0 Å². The van der Waals surface area contributed by atoms with Crippen molar-refractivity contribution in [1.82, 2.24) is 14.8 Å². The number of aliphatic hydroxyl groups excluding tert-OH is 1. The van der Waals surface area contributed by atoms with Crippen LogP contribution in [0.25, 0.3) is 10.9 Å². The molecule has 3 rings (SSSR count). The summed E-state index contributed by atoms with van der Waals surface area (Å²) in [6.45, 7) is 3.05. The molecule has 0 radical (unpaired) electrons. The van der Waals surface area contributed by atoms with Crippen molar-refractivity contribution in [3.8, 4) is 0 Å². The zero-order valence-corrected chi connectivity index (χ0v) is 14.8. The molecular weight excluding hydrogens is 334 g/mol. The number of amides is 2. The topological polar surface area (TPSA) is 93.7 Å². The highest BCUT2D eigenvalue weighted by Gasteiger charge is 2.28. The van der Waals surface area contributed by atoms with E-state index in [4.69, 9.17) is 0 Å². The van der Waals surface area contributed by atoms with E-state index >= 15 is 0 Å². The average Bonchev–Trinajstić information content (AvgIpc) is 3.09. The van der Waals surface area contributed by atoms with Gasteiger partial charge in [-0.1, -0.05) is 18.2 Å². The maximum absolute atomic E-state index is 12.7. The Bertz CT molecular complexity index is 786. The molecule has 2 heterocycles. The van der Waals surface area contributed by atoms with Gasteiger partial charge in [-0.2, -0.15) is 0 Å². The summed E-state index contributed by atoms with van der Waals surface area (Å²) in [5.41, 5.74) is 1.44. The van der Waals surface area contributed by atoms with Gasteiger partial charge in [0.25, 0.3) is 11.8 Å². The molecule has 1 saturated heterocycles. The number of Topliss-reactive ketones (excluding diaryl/α,β-unsaturated/α-hetero) is 1. The Balaban J connectivity index is 1.56. The maximum atomic E-state index is 12.7. The fourth-order valence-electron chi connectivity index (χ4n) is 3.09. The molecule has 1 aliphatic heterocycles. The molecule has 2 aromatic rings. The number of hydrogen-bond acceptors (Lipinski definition) is 4. The third-order valence-electron chi connectivity index (χ3n) is 4.64. The Morgan fingerprint density at radius 3 is 2.42 bits per heavy atom. The molecule has 1 aliphatic rings. The van der Waals surface area contributed by atoms with E-state index in [2.05, 4.69) is 4.98 Å². The Morgan fingerprint density at radius 1 is 1.12 bits per heavy atom. The fraction of sp³-hybridized carbons (Fsp3) is 0.421. The number of rotatable bonds is 5. The summed E-state index contributed by atoms with van der Waals surface area (Å²) in [5, 5.41) is 10.2. The molecule has 26 heavy (non-hydrogen) atoms. The highest BCUT2D eigenvalue weighted by molar-refractivity contribution is 6.36. The summed E-state index contributed by atoms with van der Waals surface area (Å²) < 4.78 is 0. The van der Waals surface area contributed by atoms with Gasteiger partial charge in [0.1, 0.15) is 5.69 Å². The number of benzene rings is 1. The van der Waals surface area contributed by atoms with Gasteiger partial charge in [-0.3, -0.25) is 14.4 Å². The van der Waals surface area contributed by atoms with Crippen LogP contribution in [0.5, 0.6) is 0 Å². The number of carbonyl (C=O) groups excluding carboxylic acids is 3. The molecule has 0 aliphatic carbocycles. The van der Waals surface area contributed by atoms with Gasteiger partial charge in [0, 0.05) is 43.5 Å². The van der Waals surface area contributed by atoms with Gasteiger partial charge in [0.05, 0.1) is 6.10 Å². The largest absolute Gasteiger partial charge is 0.393 e. The molecule has 0 bridgehead atoms. The zero-order valence-electron chi connectivity index (χ0n) is 14.8. The molecule has 2 amide bonds. The van der Waals surface area contributed by atoms with Gasteiger partial charge in [-0.25, -0.2) is 0 Å². The second kappa shape index (κ2) is 7.70. The minimum Gasteiger partial charge on any atom is -0.393 e.